The molecule has 0 fully saturated rings. The molecule has 78 heavy (non-hydrogen) atoms. The van der Waals surface area contributed by atoms with Crippen LogP contribution in [0.3, 0.4) is 0 Å². The van der Waals surface area contributed by atoms with Crippen LogP contribution >= 0.6 is 0 Å². The van der Waals surface area contributed by atoms with Gasteiger partial charge in [-0.2, -0.15) is 0 Å². The Morgan fingerprint density at radius 2 is 0.526 bits per heavy atom. The van der Waals surface area contributed by atoms with Crippen molar-refractivity contribution in [1.29, 1.82) is 0 Å². The fourth-order valence-electron chi connectivity index (χ4n) is 11.6. The highest BCUT2D eigenvalue weighted by atomic mass is 16.3. The maximum Gasteiger partial charge on any atom is 0.249 e. The van der Waals surface area contributed by atoms with Crippen LogP contribution in [0.25, 0.3) is 0 Å². The third kappa shape index (κ3) is 59.4. The second-order valence-electron chi connectivity index (χ2n) is 24.9. The van der Waals surface area contributed by atoms with Gasteiger partial charge in [0.15, 0.2) is 0 Å². The number of carbonyl (C=O) groups excluding carboxylic acids is 1. The minimum atomic E-state index is -1.28. The SMILES string of the molecule is CCCCCCCCCCCCCCCCCC/C=C\CCCCCCCCCCCCCCCCCCC(O)C(=O)NC(CO)C(O)C(O)CCC/C=C/CCCCCCCCCCCCCCCCCCCCCCC. The largest absolute Gasteiger partial charge is 0.394 e. The first-order valence-corrected chi connectivity index (χ1v) is 35.7. The number of amides is 1. The lowest BCUT2D eigenvalue weighted by atomic mass is 10.00. The summed E-state index contributed by atoms with van der Waals surface area (Å²) in [5.74, 6) is -0.586. The van der Waals surface area contributed by atoms with Crippen molar-refractivity contribution in [1.82, 2.24) is 5.32 Å². The van der Waals surface area contributed by atoms with Crippen LogP contribution in [-0.2, 0) is 4.79 Å². The summed E-state index contributed by atoms with van der Waals surface area (Å²) in [5, 5.41) is 44.2. The summed E-state index contributed by atoms with van der Waals surface area (Å²) >= 11 is 0. The van der Waals surface area contributed by atoms with Crippen LogP contribution in [-0.4, -0.2) is 57.3 Å². The predicted octanol–water partition coefficient (Wildman–Crippen LogP) is 22.1. The molecule has 4 unspecified atom stereocenters. The second-order valence-corrected chi connectivity index (χ2v) is 24.9. The monoisotopic (exact) mass is 1100 g/mol. The molecular formula is C72H141NO5. The van der Waals surface area contributed by atoms with Crippen LogP contribution in [0.2, 0.25) is 0 Å². The molecule has 0 saturated heterocycles. The van der Waals surface area contributed by atoms with E-state index in [2.05, 4.69) is 43.5 Å². The summed E-state index contributed by atoms with van der Waals surface area (Å²) in [6.07, 6.45) is 84.6. The zero-order chi connectivity index (χ0) is 56.6. The molecule has 1 amide bonds. The lowest BCUT2D eigenvalue weighted by Crippen LogP contribution is -2.53. The van der Waals surface area contributed by atoms with Gasteiger partial charge in [-0.15, -0.1) is 0 Å². The second kappa shape index (κ2) is 66.6. The maximum absolute atomic E-state index is 12.7. The molecule has 0 aromatic carbocycles. The average Bonchev–Trinajstić information content (AvgIpc) is 3.45. The van der Waals surface area contributed by atoms with Gasteiger partial charge in [-0.1, -0.05) is 359 Å². The van der Waals surface area contributed by atoms with Crippen molar-refractivity contribution in [2.75, 3.05) is 6.61 Å². The molecule has 6 nitrogen and oxygen atoms in total. The standard InChI is InChI=1S/C72H141NO5/c1-3-5-7-9-11-13-15-17-19-21-23-25-27-29-31-32-33-34-35-36-37-38-39-40-42-44-46-48-50-52-54-56-58-60-62-64-66-70(76)72(78)73-68(67-74)71(77)69(75)65-63-61-59-57-55-53-51-49-47-45-43-41-30-28-26-24-22-20-18-16-14-12-10-8-6-4-2/h34-35,57,59,68-71,74-77H,3-33,36-56,58,60-67H2,1-2H3,(H,73,78)/b35-34-,59-57+. The van der Waals surface area contributed by atoms with E-state index in [0.29, 0.717) is 12.8 Å². The van der Waals surface area contributed by atoms with E-state index >= 15 is 0 Å². The normalized spacial score (nSPS) is 13.6. The molecule has 0 aliphatic heterocycles. The van der Waals surface area contributed by atoms with Gasteiger partial charge in [0.05, 0.1) is 18.8 Å². The molecule has 0 radical (unpaired) electrons. The third-order valence-electron chi connectivity index (χ3n) is 17.1. The van der Waals surface area contributed by atoms with Crippen LogP contribution in [0.1, 0.15) is 399 Å². The molecule has 0 aliphatic carbocycles. The summed E-state index contributed by atoms with van der Waals surface area (Å²) in [6.45, 7) is 4.10. The van der Waals surface area contributed by atoms with Gasteiger partial charge in [0.1, 0.15) is 12.2 Å². The summed E-state index contributed by atoms with van der Waals surface area (Å²) in [7, 11) is 0. The van der Waals surface area contributed by atoms with E-state index in [0.717, 1.165) is 38.5 Å². The van der Waals surface area contributed by atoms with Crippen molar-refractivity contribution in [2.24, 2.45) is 0 Å². The van der Waals surface area contributed by atoms with Crippen molar-refractivity contribution < 1.29 is 25.2 Å². The fraction of sp³-hybridized carbons (Fsp3) is 0.931. The summed E-state index contributed by atoms with van der Waals surface area (Å²) in [4.78, 5) is 12.7. The van der Waals surface area contributed by atoms with Crippen LogP contribution in [0.4, 0.5) is 0 Å². The summed E-state index contributed by atoms with van der Waals surface area (Å²) < 4.78 is 0. The maximum atomic E-state index is 12.7. The number of allylic oxidation sites excluding steroid dienone is 4. The molecule has 0 bridgehead atoms. The van der Waals surface area contributed by atoms with E-state index in [9.17, 15) is 25.2 Å². The number of carbonyl (C=O) groups is 1. The number of aliphatic hydroxyl groups is 4. The van der Waals surface area contributed by atoms with Crippen LogP contribution in [0.5, 0.6) is 0 Å². The molecule has 0 heterocycles. The first-order valence-electron chi connectivity index (χ1n) is 35.7. The molecule has 0 saturated carbocycles. The van der Waals surface area contributed by atoms with Gasteiger partial charge in [-0.3, -0.25) is 4.79 Å². The Morgan fingerprint density at radius 1 is 0.308 bits per heavy atom. The number of aliphatic hydroxyl groups excluding tert-OH is 4. The molecule has 0 aromatic heterocycles. The lowest BCUT2D eigenvalue weighted by molar-refractivity contribution is -0.132. The zero-order valence-electron chi connectivity index (χ0n) is 52.9. The summed E-state index contributed by atoms with van der Waals surface area (Å²) in [5.41, 5.74) is 0. The van der Waals surface area contributed by atoms with E-state index in [1.807, 2.05) is 0 Å². The van der Waals surface area contributed by atoms with Crippen molar-refractivity contribution in [3.8, 4) is 0 Å². The van der Waals surface area contributed by atoms with Gasteiger partial charge in [0.25, 0.3) is 0 Å². The van der Waals surface area contributed by atoms with Crippen LogP contribution in [0.15, 0.2) is 24.3 Å². The van der Waals surface area contributed by atoms with Crippen molar-refractivity contribution in [3.05, 3.63) is 24.3 Å². The molecule has 0 rings (SSSR count). The average molecular weight is 1100 g/mol. The van der Waals surface area contributed by atoms with E-state index in [-0.39, 0.29) is 0 Å². The van der Waals surface area contributed by atoms with Gasteiger partial charge in [0.2, 0.25) is 5.91 Å². The zero-order valence-corrected chi connectivity index (χ0v) is 52.9. The Morgan fingerprint density at radius 3 is 0.769 bits per heavy atom. The van der Waals surface area contributed by atoms with E-state index < -0.39 is 36.9 Å². The topological polar surface area (TPSA) is 110 Å². The number of unbranched alkanes of at least 4 members (excludes halogenated alkanes) is 54. The molecule has 5 N–H and O–H groups in total. The molecule has 6 heteroatoms. The smallest absolute Gasteiger partial charge is 0.249 e. The number of hydrogen-bond acceptors (Lipinski definition) is 5. The molecule has 0 aliphatic rings. The van der Waals surface area contributed by atoms with E-state index in [1.54, 1.807) is 0 Å². The highest BCUT2D eigenvalue weighted by molar-refractivity contribution is 5.80. The van der Waals surface area contributed by atoms with Gasteiger partial charge in [0, 0.05) is 0 Å². The fourth-order valence-corrected chi connectivity index (χ4v) is 11.6. The van der Waals surface area contributed by atoms with Gasteiger partial charge >= 0.3 is 0 Å². The Bertz CT molecular complexity index is 1190. The molecule has 0 spiro atoms. The van der Waals surface area contributed by atoms with Gasteiger partial charge in [-0.25, -0.2) is 0 Å². The van der Waals surface area contributed by atoms with Crippen LogP contribution < -0.4 is 5.32 Å². The van der Waals surface area contributed by atoms with Gasteiger partial charge < -0.3 is 25.7 Å². The minimum absolute atomic E-state index is 0.367. The molecule has 464 valence electrons. The van der Waals surface area contributed by atoms with Crippen molar-refractivity contribution >= 4 is 5.91 Å². The highest BCUT2D eigenvalue weighted by Crippen LogP contribution is 2.19. The third-order valence-corrected chi connectivity index (χ3v) is 17.1. The molecule has 0 aromatic rings. The first-order chi connectivity index (χ1) is 38.5. The number of rotatable bonds is 67. The molecular weight excluding hydrogens is 959 g/mol. The highest BCUT2D eigenvalue weighted by Gasteiger charge is 2.28. The minimum Gasteiger partial charge on any atom is -0.394 e. The quantitative estimate of drug-likeness (QED) is 0.0308. The molecule has 4 atom stereocenters. The van der Waals surface area contributed by atoms with Gasteiger partial charge in [-0.05, 0) is 64.2 Å². The number of hydrogen-bond donors (Lipinski definition) is 5. The Hall–Kier alpha value is -1.21. The number of nitrogens with one attached hydrogen (secondary N) is 1. The van der Waals surface area contributed by atoms with E-state index in [1.165, 1.54) is 334 Å². The Labute approximate surface area is 488 Å². The Kier molecular flexibility index (Phi) is 65.6. The summed E-state index contributed by atoms with van der Waals surface area (Å²) in [6, 6.07) is -1.00. The van der Waals surface area contributed by atoms with Crippen LogP contribution in [0, 0.1) is 0 Å². The first kappa shape index (κ1) is 76.8. The lowest BCUT2D eigenvalue weighted by Gasteiger charge is -2.27. The van der Waals surface area contributed by atoms with Crippen molar-refractivity contribution in [3.63, 3.8) is 0 Å². The predicted molar refractivity (Wildman–Crippen MR) is 344 cm³/mol. The van der Waals surface area contributed by atoms with Crippen molar-refractivity contribution in [2.45, 2.75) is 423 Å². The Balaban J connectivity index is 3.54. The van der Waals surface area contributed by atoms with E-state index in [4.69, 9.17) is 0 Å².